The van der Waals surface area contributed by atoms with Gasteiger partial charge in [0, 0.05) is 0 Å². The predicted octanol–water partition coefficient (Wildman–Crippen LogP) is 2.89. The summed E-state index contributed by atoms with van der Waals surface area (Å²) < 4.78 is 0. The molecule has 1 fully saturated rings. The highest BCUT2D eigenvalue weighted by Gasteiger charge is 2.39. The molecule has 0 bridgehead atoms. The summed E-state index contributed by atoms with van der Waals surface area (Å²) in [6, 6.07) is 6.64. The quantitative estimate of drug-likeness (QED) is 0.548. The summed E-state index contributed by atoms with van der Waals surface area (Å²) in [5.41, 5.74) is 3.94. The molecule has 0 amide bonds. The summed E-state index contributed by atoms with van der Waals surface area (Å²) in [7, 11) is 0. The van der Waals surface area contributed by atoms with E-state index in [0.717, 1.165) is 12.8 Å². The van der Waals surface area contributed by atoms with Crippen LogP contribution < -0.4 is 0 Å². The zero-order valence-corrected chi connectivity index (χ0v) is 9.33. The molecule has 0 heterocycles. The Kier molecular flexibility index (Phi) is 2.19. The number of isocyanates is 1. The van der Waals surface area contributed by atoms with Crippen molar-refractivity contribution in [3.8, 4) is 0 Å². The average molecular weight is 213 g/mol. The van der Waals surface area contributed by atoms with Gasteiger partial charge in [-0.05, 0) is 55.2 Å². The van der Waals surface area contributed by atoms with Crippen LogP contribution in [-0.4, -0.2) is 6.08 Å². The minimum absolute atomic E-state index is 0.223. The lowest BCUT2D eigenvalue weighted by Crippen LogP contribution is -2.31. The first-order chi connectivity index (χ1) is 7.84. The third-order valence-corrected chi connectivity index (χ3v) is 4.08. The summed E-state index contributed by atoms with van der Waals surface area (Å²) in [4.78, 5) is 14.6. The van der Waals surface area contributed by atoms with E-state index in [1.807, 2.05) is 0 Å². The number of benzene rings is 1. The van der Waals surface area contributed by atoms with Crippen LogP contribution in [0.15, 0.2) is 23.2 Å². The number of hydrogen-bond acceptors (Lipinski definition) is 2. The van der Waals surface area contributed by atoms with Gasteiger partial charge in [0.1, 0.15) is 0 Å². The summed E-state index contributed by atoms with van der Waals surface area (Å²) in [5, 5.41) is 0. The largest absolute Gasteiger partial charge is 0.235 e. The molecule has 0 saturated heterocycles. The Morgan fingerprint density at radius 1 is 1.12 bits per heavy atom. The third-order valence-electron chi connectivity index (χ3n) is 4.08. The van der Waals surface area contributed by atoms with Crippen LogP contribution in [0.1, 0.15) is 42.4 Å². The zero-order chi connectivity index (χ0) is 11.0. The fourth-order valence-corrected chi connectivity index (χ4v) is 2.93. The number of nitrogens with zero attached hydrogens (tertiary/aromatic N) is 1. The number of aryl methyl sites for hydroxylation is 2. The van der Waals surface area contributed by atoms with Crippen molar-refractivity contribution < 1.29 is 4.79 Å². The molecule has 1 saturated carbocycles. The summed E-state index contributed by atoms with van der Waals surface area (Å²) >= 11 is 0. The molecule has 2 nitrogen and oxygen atoms in total. The molecule has 2 aliphatic rings. The number of aliphatic imine (C=N–C) groups is 1. The average Bonchev–Trinajstić information content (AvgIpc) is 2.70. The van der Waals surface area contributed by atoms with E-state index in [4.69, 9.17) is 0 Å². The van der Waals surface area contributed by atoms with Crippen LogP contribution in [0.25, 0.3) is 0 Å². The smallest absolute Gasteiger partial charge is 0.211 e. The molecular weight excluding hydrogens is 198 g/mol. The van der Waals surface area contributed by atoms with Crippen LogP contribution in [0.5, 0.6) is 0 Å². The number of fused-ring (bicyclic) bond motifs is 1. The molecular formula is C14H15NO. The van der Waals surface area contributed by atoms with E-state index >= 15 is 0 Å². The lowest BCUT2D eigenvalue weighted by molar-refractivity contribution is 0.256. The van der Waals surface area contributed by atoms with E-state index in [9.17, 15) is 4.79 Å². The third kappa shape index (κ3) is 1.34. The summed E-state index contributed by atoms with van der Waals surface area (Å²) in [6.07, 6.45) is 8.58. The number of carbonyl (C=O) groups excluding carboxylic acids is 1. The Bertz CT molecular complexity index is 468. The second-order valence-corrected chi connectivity index (χ2v) is 4.93. The van der Waals surface area contributed by atoms with Gasteiger partial charge in [-0.15, -0.1) is 0 Å². The van der Waals surface area contributed by atoms with E-state index < -0.39 is 0 Å². The number of rotatable bonds is 2. The van der Waals surface area contributed by atoms with Crippen molar-refractivity contribution in [3.05, 3.63) is 34.9 Å². The molecule has 16 heavy (non-hydrogen) atoms. The molecule has 3 rings (SSSR count). The maximum absolute atomic E-state index is 10.5. The van der Waals surface area contributed by atoms with Gasteiger partial charge in [0.25, 0.3) is 0 Å². The van der Waals surface area contributed by atoms with E-state index in [0.29, 0.717) is 0 Å². The highest BCUT2D eigenvalue weighted by atomic mass is 16.1. The minimum atomic E-state index is -0.223. The Labute approximate surface area is 95.4 Å². The molecule has 1 aromatic rings. The fourth-order valence-electron chi connectivity index (χ4n) is 2.93. The van der Waals surface area contributed by atoms with Gasteiger partial charge in [0.15, 0.2) is 0 Å². The van der Waals surface area contributed by atoms with Crippen LogP contribution >= 0.6 is 0 Å². The van der Waals surface area contributed by atoms with Crippen molar-refractivity contribution >= 4 is 6.08 Å². The molecule has 0 unspecified atom stereocenters. The van der Waals surface area contributed by atoms with Gasteiger partial charge >= 0.3 is 0 Å². The summed E-state index contributed by atoms with van der Waals surface area (Å²) in [6.45, 7) is 0. The molecule has 2 aliphatic carbocycles. The fraction of sp³-hybridized carbons (Fsp3) is 0.500. The molecule has 1 aromatic carbocycles. The van der Waals surface area contributed by atoms with Crippen molar-refractivity contribution in [2.45, 2.75) is 44.1 Å². The van der Waals surface area contributed by atoms with Gasteiger partial charge < -0.3 is 0 Å². The van der Waals surface area contributed by atoms with E-state index in [-0.39, 0.29) is 5.54 Å². The van der Waals surface area contributed by atoms with Crippen LogP contribution in [-0.2, 0) is 23.2 Å². The second kappa shape index (κ2) is 3.57. The topological polar surface area (TPSA) is 29.4 Å². The Morgan fingerprint density at radius 2 is 1.94 bits per heavy atom. The summed E-state index contributed by atoms with van der Waals surface area (Å²) in [5.74, 6) is 0. The van der Waals surface area contributed by atoms with E-state index in [1.165, 1.54) is 42.4 Å². The Morgan fingerprint density at radius 3 is 2.62 bits per heavy atom. The molecule has 0 aliphatic heterocycles. The normalized spacial score (nSPS) is 20.8. The Hall–Kier alpha value is -1.40. The van der Waals surface area contributed by atoms with Crippen LogP contribution in [0.3, 0.4) is 0 Å². The van der Waals surface area contributed by atoms with Gasteiger partial charge in [0.05, 0.1) is 5.54 Å². The van der Waals surface area contributed by atoms with Crippen molar-refractivity contribution in [1.29, 1.82) is 0 Å². The zero-order valence-electron chi connectivity index (χ0n) is 9.33. The monoisotopic (exact) mass is 213 g/mol. The lowest BCUT2D eigenvalue weighted by atomic mass is 9.72. The molecule has 2 heteroatoms. The van der Waals surface area contributed by atoms with Crippen molar-refractivity contribution in [1.82, 2.24) is 0 Å². The van der Waals surface area contributed by atoms with Crippen LogP contribution in [0.4, 0.5) is 0 Å². The molecule has 0 N–H and O–H groups in total. The second-order valence-electron chi connectivity index (χ2n) is 4.93. The van der Waals surface area contributed by atoms with Crippen molar-refractivity contribution in [3.63, 3.8) is 0 Å². The van der Waals surface area contributed by atoms with Crippen LogP contribution in [0.2, 0.25) is 0 Å². The van der Waals surface area contributed by atoms with Gasteiger partial charge in [-0.3, -0.25) is 0 Å². The molecule has 0 atom stereocenters. The lowest BCUT2D eigenvalue weighted by Gasteiger charge is -2.37. The van der Waals surface area contributed by atoms with Gasteiger partial charge in [0.2, 0.25) is 6.08 Å². The standard InChI is InChI=1S/C14H15NO/c16-10-15-14(7-2-8-14)13-6-5-11-3-1-4-12(11)9-13/h5-6,9H,1-4,7-8H2. The molecule has 0 aromatic heterocycles. The highest BCUT2D eigenvalue weighted by molar-refractivity contribution is 5.43. The molecule has 0 spiro atoms. The maximum Gasteiger partial charge on any atom is 0.235 e. The Balaban J connectivity index is 2.03. The predicted molar refractivity (Wildman–Crippen MR) is 62.1 cm³/mol. The van der Waals surface area contributed by atoms with Crippen LogP contribution in [0, 0.1) is 0 Å². The maximum atomic E-state index is 10.5. The first kappa shape index (κ1) is 9.80. The van der Waals surface area contributed by atoms with E-state index in [2.05, 4.69) is 23.2 Å². The van der Waals surface area contributed by atoms with Crippen molar-refractivity contribution in [2.75, 3.05) is 0 Å². The highest BCUT2D eigenvalue weighted by Crippen LogP contribution is 2.45. The van der Waals surface area contributed by atoms with E-state index in [1.54, 1.807) is 6.08 Å². The first-order valence-corrected chi connectivity index (χ1v) is 6.05. The number of hydrogen-bond donors (Lipinski definition) is 0. The van der Waals surface area contributed by atoms with Crippen molar-refractivity contribution in [2.24, 2.45) is 4.99 Å². The van der Waals surface area contributed by atoms with Gasteiger partial charge in [-0.25, -0.2) is 4.79 Å². The van der Waals surface area contributed by atoms with Gasteiger partial charge in [-0.1, -0.05) is 18.2 Å². The SMILES string of the molecule is O=C=NC1(c2ccc3c(c2)CCC3)CCC1. The van der Waals surface area contributed by atoms with Gasteiger partial charge in [-0.2, -0.15) is 4.99 Å². The minimum Gasteiger partial charge on any atom is -0.211 e. The first-order valence-electron chi connectivity index (χ1n) is 6.05. The molecule has 82 valence electrons. The molecule has 0 radical (unpaired) electrons.